The Kier molecular flexibility index (Phi) is 7.29. The van der Waals surface area contributed by atoms with Crippen molar-refractivity contribution >= 4 is 17.7 Å². The van der Waals surface area contributed by atoms with Gasteiger partial charge in [-0.05, 0) is 32.0 Å². The van der Waals surface area contributed by atoms with E-state index in [2.05, 4.69) is 6.58 Å². The van der Waals surface area contributed by atoms with Gasteiger partial charge in [-0.3, -0.25) is 4.79 Å². The van der Waals surface area contributed by atoms with E-state index in [0.717, 1.165) is 11.1 Å². The minimum Gasteiger partial charge on any atom is -0.496 e. The second-order valence-electron chi connectivity index (χ2n) is 4.81. The van der Waals surface area contributed by atoms with Gasteiger partial charge in [0.2, 0.25) is 5.91 Å². The van der Waals surface area contributed by atoms with Crippen molar-refractivity contribution in [2.24, 2.45) is 0 Å². The van der Waals surface area contributed by atoms with Crippen molar-refractivity contribution in [2.45, 2.75) is 19.6 Å². The van der Waals surface area contributed by atoms with Gasteiger partial charge in [-0.2, -0.15) is 0 Å². The maximum Gasteiger partial charge on any atom is 0.232 e. The molecule has 0 spiro atoms. The van der Waals surface area contributed by atoms with Crippen molar-refractivity contribution in [2.75, 3.05) is 26.0 Å². The smallest absolute Gasteiger partial charge is 0.232 e. The van der Waals surface area contributed by atoms with Gasteiger partial charge in [0.25, 0.3) is 0 Å². The number of rotatable bonds is 8. The highest BCUT2D eigenvalue weighted by Gasteiger charge is 2.12. The fraction of sp³-hybridized carbons (Fsp3) is 0.438. The molecule has 0 heterocycles. The molecule has 116 valence electrons. The molecule has 0 aromatic heterocycles. The molecule has 0 saturated carbocycles. The van der Waals surface area contributed by atoms with E-state index in [1.807, 2.05) is 13.8 Å². The summed E-state index contributed by atoms with van der Waals surface area (Å²) in [5.74, 6) is 1.32. The first-order valence-corrected chi connectivity index (χ1v) is 7.95. The van der Waals surface area contributed by atoms with E-state index in [1.54, 1.807) is 18.1 Å². The molecule has 0 saturated heterocycles. The summed E-state index contributed by atoms with van der Waals surface area (Å²) in [6, 6.07) is 4.41. The van der Waals surface area contributed by atoms with Gasteiger partial charge >= 0.3 is 0 Å². The third-order valence-corrected chi connectivity index (χ3v) is 3.89. The Bertz CT molecular complexity index is 505. The fourth-order valence-corrected chi connectivity index (χ4v) is 2.81. The minimum absolute atomic E-state index is 0.0702. The largest absolute Gasteiger partial charge is 0.496 e. The molecule has 0 atom stereocenters. The summed E-state index contributed by atoms with van der Waals surface area (Å²) >= 11 is 1.46. The van der Waals surface area contributed by atoms with Crippen LogP contribution in [0.4, 0.5) is 4.39 Å². The number of carbonyl (C=O) groups is 1. The first-order chi connectivity index (χ1) is 9.97. The molecule has 0 aliphatic carbocycles. The number of methoxy groups -OCH3 is 1. The number of ether oxygens (including phenoxy) is 1. The molecule has 1 aromatic carbocycles. The predicted molar refractivity (Wildman–Crippen MR) is 86.2 cm³/mol. The predicted octanol–water partition coefficient (Wildman–Crippen LogP) is 3.49. The normalized spacial score (nSPS) is 10.3. The number of amides is 1. The van der Waals surface area contributed by atoms with Crippen LogP contribution in [-0.2, 0) is 10.5 Å². The van der Waals surface area contributed by atoms with Crippen LogP contribution in [0, 0.1) is 5.82 Å². The lowest BCUT2D eigenvalue weighted by atomic mass is 10.2. The molecule has 21 heavy (non-hydrogen) atoms. The third kappa shape index (κ3) is 5.79. The number of benzene rings is 1. The Morgan fingerprint density at radius 2 is 2.19 bits per heavy atom. The summed E-state index contributed by atoms with van der Waals surface area (Å²) < 4.78 is 18.4. The summed E-state index contributed by atoms with van der Waals surface area (Å²) in [5.41, 5.74) is 1.72. The van der Waals surface area contributed by atoms with Crippen LogP contribution in [0.5, 0.6) is 5.75 Å². The van der Waals surface area contributed by atoms with Crippen molar-refractivity contribution < 1.29 is 13.9 Å². The Hall–Kier alpha value is -1.49. The SMILES string of the molecule is C=C(C)CN(CC)C(=O)CSCc1cc(F)ccc1OC. The van der Waals surface area contributed by atoms with Crippen molar-refractivity contribution in [3.8, 4) is 5.75 Å². The Balaban J connectivity index is 2.54. The molecule has 5 heteroatoms. The van der Waals surface area contributed by atoms with E-state index in [0.29, 0.717) is 30.3 Å². The lowest BCUT2D eigenvalue weighted by Gasteiger charge is -2.20. The van der Waals surface area contributed by atoms with Gasteiger partial charge in [0, 0.05) is 24.4 Å². The zero-order chi connectivity index (χ0) is 15.8. The lowest BCUT2D eigenvalue weighted by molar-refractivity contribution is -0.127. The van der Waals surface area contributed by atoms with E-state index < -0.39 is 0 Å². The van der Waals surface area contributed by atoms with Gasteiger partial charge in [0.05, 0.1) is 12.9 Å². The molecular weight excluding hydrogens is 289 g/mol. The van der Waals surface area contributed by atoms with Crippen molar-refractivity contribution in [1.29, 1.82) is 0 Å². The van der Waals surface area contributed by atoms with Crippen LogP contribution in [-0.4, -0.2) is 36.8 Å². The zero-order valence-electron chi connectivity index (χ0n) is 12.8. The number of likely N-dealkylation sites (N-methyl/N-ethyl adjacent to an activating group) is 1. The van der Waals surface area contributed by atoms with Crippen molar-refractivity contribution in [3.05, 3.63) is 41.7 Å². The number of thioether (sulfide) groups is 1. The highest BCUT2D eigenvalue weighted by atomic mass is 32.2. The molecule has 1 amide bonds. The molecule has 0 fully saturated rings. The third-order valence-electron chi connectivity index (χ3n) is 2.92. The van der Waals surface area contributed by atoms with E-state index >= 15 is 0 Å². The van der Waals surface area contributed by atoms with Crippen LogP contribution in [0.15, 0.2) is 30.4 Å². The molecule has 0 N–H and O–H groups in total. The topological polar surface area (TPSA) is 29.5 Å². The quantitative estimate of drug-likeness (QED) is 0.688. The zero-order valence-corrected chi connectivity index (χ0v) is 13.6. The molecule has 0 unspecified atom stereocenters. The summed E-state index contributed by atoms with van der Waals surface area (Å²) in [7, 11) is 1.55. The maximum absolute atomic E-state index is 13.2. The summed E-state index contributed by atoms with van der Waals surface area (Å²) in [4.78, 5) is 13.8. The second kappa shape index (κ2) is 8.72. The molecule has 0 radical (unpaired) electrons. The van der Waals surface area contributed by atoms with E-state index in [9.17, 15) is 9.18 Å². The van der Waals surface area contributed by atoms with Gasteiger partial charge in [-0.15, -0.1) is 11.8 Å². The monoisotopic (exact) mass is 311 g/mol. The Morgan fingerprint density at radius 3 is 2.76 bits per heavy atom. The van der Waals surface area contributed by atoms with Crippen LogP contribution in [0.2, 0.25) is 0 Å². The first-order valence-electron chi connectivity index (χ1n) is 6.80. The summed E-state index contributed by atoms with van der Waals surface area (Å²) in [6.07, 6.45) is 0. The minimum atomic E-state index is -0.296. The Labute approximate surface area is 130 Å². The Morgan fingerprint density at radius 1 is 1.48 bits per heavy atom. The van der Waals surface area contributed by atoms with Crippen LogP contribution < -0.4 is 4.74 Å². The van der Waals surface area contributed by atoms with Gasteiger partial charge in [0.1, 0.15) is 11.6 Å². The van der Waals surface area contributed by atoms with Crippen LogP contribution in [0.25, 0.3) is 0 Å². The summed E-state index contributed by atoms with van der Waals surface area (Å²) in [5, 5.41) is 0. The van der Waals surface area contributed by atoms with Gasteiger partial charge in [-0.25, -0.2) is 4.39 Å². The highest BCUT2D eigenvalue weighted by Crippen LogP contribution is 2.24. The molecule has 1 aromatic rings. The lowest BCUT2D eigenvalue weighted by Crippen LogP contribution is -2.33. The van der Waals surface area contributed by atoms with Crippen molar-refractivity contribution in [1.82, 2.24) is 4.90 Å². The number of hydrogen-bond donors (Lipinski definition) is 0. The van der Waals surface area contributed by atoms with E-state index in [-0.39, 0.29) is 11.7 Å². The summed E-state index contributed by atoms with van der Waals surface area (Å²) in [6.45, 7) is 8.92. The highest BCUT2D eigenvalue weighted by molar-refractivity contribution is 7.99. The van der Waals surface area contributed by atoms with Crippen molar-refractivity contribution in [3.63, 3.8) is 0 Å². The van der Waals surface area contributed by atoms with Crippen LogP contribution >= 0.6 is 11.8 Å². The first kappa shape index (κ1) is 17.6. The van der Waals surface area contributed by atoms with Gasteiger partial charge in [-0.1, -0.05) is 12.2 Å². The maximum atomic E-state index is 13.2. The fourth-order valence-electron chi connectivity index (χ4n) is 1.90. The van der Waals surface area contributed by atoms with E-state index in [1.165, 1.54) is 23.9 Å². The standard InChI is InChI=1S/C16H22FNO2S/c1-5-18(9-12(2)3)16(19)11-21-10-13-8-14(17)6-7-15(13)20-4/h6-8H,2,5,9-11H2,1,3-4H3. The van der Waals surface area contributed by atoms with E-state index in [4.69, 9.17) is 4.74 Å². The van der Waals surface area contributed by atoms with Crippen LogP contribution in [0.1, 0.15) is 19.4 Å². The average Bonchev–Trinajstić information content (AvgIpc) is 2.44. The van der Waals surface area contributed by atoms with Gasteiger partial charge < -0.3 is 9.64 Å². The number of hydrogen-bond acceptors (Lipinski definition) is 3. The molecular formula is C16H22FNO2S. The second-order valence-corrected chi connectivity index (χ2v) is 5.80. The molecule has 1 rings (SSSR count). The average molecular weight is 311 g/mol. The number of carbonyl (C=O) groups excluding carboxylic acids is 1. The number of halogens is 1. The molecule has 0 aliphatic rings. The molecule has 0 aliphatic heterocycles. The molecule has 3 nitrogen and oxygen atoms in total. The van der Waals surface area contributed by atoms with Gasteiger partial charge in [0.15, 0.2) is 0 Å². The molecule has 0 bridgehead atoms. The van der Waals surface area contributed by atoms with Crippen LogP contribution in [0.3, 0.4) is 0 Å². The number of nitrogens with zero attached hydrogens (tertiary/aromatic N) is 1.